The summed E-state index contributed by atoms with van der Waals surface area (Å²) in [6, 6.07) is 5.11. The predicted molar refractivity (Wildman–Crippen MR) is 91.4 cm³/mol. The van der Waals surface area contributed by atoms with Crippen molar-refractivity contribution in [2.24, 2.45) is 7.05 Å². The molecule has 0 saturated heterocycles. The lowest BCUT2D eigenvalue weighted by molar-refractivity contribution is 0.102. The predicted octanol–water partition coefficient (Wildman–Crippen LogP) is 2.90. The molecular formula is C18H22N4O2. The van der Waals surface area contributed by atoms with Gasteiger partial charge in [-0.15, -0.1) is 0 Å². The van der Waals surface area contributed by atoms with E-state index in [1.54, 1.807) is 10.7 Å². The molecule has 2 saturated carbocycles. The number of aromatic amines is 1. The lowest BCUT2D eigenvalue weighted by atomic mass is 10.0. The zero-order valence-corrected chi connectivity index (χ0v) is 13.8. The van der Waals surface area contributed by atoms with Crippen LogP contribution >= 0.6 is 0 Å². The van der Waals surface area contributed by atoms with E-state index in [4.69, 9.17) is 0 Å². The molecule has 4 rings (SSSR count). The number of carbonyl (C=O) groups excluding carboxylic acids is 1. The minimum atomic E-state index is -0.260. The van der Waals surface area contributed by atoms with Crippen LogP contribution in [0.15, 0.2) is 23.0 Å². The average molecular weight is 326 g/mol. The Hall–Kier alpha value is -2.37. The van der Waals surface area contributed by atoms with Crippen molar-refractivity contribution in [2.75, 3.05) is 5.32 Å². The number of amides is 1. The molecule has 0 atom stereocenters. The van der Waals surface area contributed by atoms with E-state index in [-0.39, 0.29) is 11.5 Å². The molecule has 2 aromatic rings. The number of hydrogen-bond donors (Lipinski definition) is 2. The second kappa shape index (κ2) is 5.92. The van der Waals surface area contributed by atoms with Crippen LogP contribution in [0.25, 0.3) is 0 Å². The van der Waals surface area contributed by atoms with Crippen molar-refractivity contribution in [3.05, 3.63) is 45.5 Å². The van der Waals surface area contributed by atoms with Crippen molar-refractivity contribution in [3.63, 3.8) is 0 Å². The van der Waals surface area contributed by atoms with Gasteiger partial charge in [-0.25, -0.2) is 0 Å². The number of hydrogen-bond acceptors (Lipinski definition) is 3. The minimum Gasteiger partial charge on any atom is -0.326 e. The third-order valence-corrected chi connectivity index (χ3v) is 5.06. The van der Waals surface area contributed by atoms with E-state index >= 15 is 0 Å². The van der Waals surface area contributed by atoms with E-state index in [2.05, 4.69) is 15.4 Å². The summed E-state index contributed by atoms with van der Waals surface area (Å²) < 4.78 is 1.71. The highest BCUT2D eigenvalue weighted by molar-refractivity contribution is 6.03. The first-order valence-corrected chi connectivity index (χ1v) is 8.70. The molecule has 2 aliphatic carbocycles. The molecule has 2 heterocycles. The molecular weight excluding hydrogens is 304 g/mol. The number of nitrogens with one attached hydrogen (secondary N) is 2. The van der Waals surface area contributed by atoms with Gasteiger partial charge in [0.15, 0.2) is 0 Å². The van der Waals surface area contributed by atoms with Crippen molar-refractivity contribution < 1.29 is 4.79 Å². The van der Waals surface area contributed by atoms with Crippen molar-refractivity contribution in [3.8, 4) is 0 Å². The Labute approximate surface area is 140 Å². The van der Waals surface area contributed by atoms with Gasteiger partial charge in [0.25, 0.3) is 5.91 Å². The van der Waals surface area contributed by atoms with Crippen molar-refractivity contribution in [1.82, 2.24) is 14.8 Å². The van der Waals surface area contributed by atoms with Gasteiger partial charge >= 0.3 is 0 Å². The van der Waals surface area contributed by atoms with Crippen molar-refractivity contribution in [2.45, 2.75) is 50.4 Å². The van der Waals surface area contributed by atoms with Gasteiger partial charge < -0.3 is 10.3 Å². The molecule has 6 nitrogen and oxygen atoms in total. The van der Waals surface area contributed by atoms with Gasteiger partial charge in [-0.3, -0.25) is 14.3 Å². The molecule has 2 N–H and O–H groups in total. The molecule has 2 aromatic heterocycles. The van der Waals surface area contributed by atoms with Crippen molar-refractivity contribution in [1.29, 1.82) is 0 Å². The largest absolute Gasteiger partial charge is 0.326 e. The van der Waals surface area contributed by atoms with Crippen LogP contribution in [0.4, 0.5) is 5.82 Å². The van der Waals surface area contributed by atoms with E-state index in [9.17, 15) is 9.59 Å². The summed E-state index contributed by atoms with van der Waals surface area (Å²) in [5.41, 5.74) is 2.10. The summed E-state index contributed by atoms with van der Waals surface area (Å²) in [6.45, 7) is 0. The maximum absolute atomic E-state index is 12.5. The van der Waals surface area contributed by atoms with E-state index in [0.29, 0.717) is 23.2 Å². The number of anilines is 1. The number of H-pyrrole nitrogens is 1. The van der Waals surface area contributed by atoms with Crippen LogP contribution in [-0.4, -0.2) is 20.7 Å². The lowest BCUT2D eigenvalue weighted by Gasteiger charge is -2.06. The van der Waals surface area contributed by atoms with Gasteiger partial charge in [0.2, 0.25) is 5.56 Å². The number of carbonyl (C=O) groups is 1. The second-order valence-corrected chi connectivity index (χ2v) is 6.98. The lowest BCUT2D eigenvalue weighted by Crippen LogP contribution is -2.18. The molecule has 0 radical (unpaired) electrons. The fourth-order valence-corrected chi connectivity index (χ4v) is 3.53. The monoisotopic (exact) mass is 326 g/mol. The van der Waals surface area contributed by atoms with Gasteiger partial charge in [-0.05, 0) is 37.7 Å². The van der Waals surface area contributed by atoms with Gasteiger partial charge in [-0.1, -0.05) is 12.8 Å². The molecule has 6 heteroatoms. The third kappa shape index (κ3) is 3.00. The van der Waals surface area contributed by atoms with E-state index in [1.165, 1.54) is 31.7 Å². The molecule has 2 fully saturated rings. The third-order valence-electron chi connectivity index (χ3n) is 5.06. The zero-order chi connectivity index (χ0) is 16.7. The Balaban J connectivity index is 1.54. The van der Waals surface area contributed by atoms with Crippen LogP contribution in [0.3, 0.4) is 0 Å². The molecule has 24 heavy (non-hydrogen) atoms. The van der Waals surface area contributed by atoms with Gasteiger partial charge in [0, 0.05) is 36.4 Å². The van der Waals surface area contributed by atoms with Gasteiger partial charge in [-0.2, -0.15) is 5.10 Å². The Morgan fingerprint density at radius 2 is 1.92 bits per heavy atom. The number of nitrogens with zero attached hydrogens (tertiary/aromatic N) is 2. The quantitative estimate of drug-likeness (QED) is 0.906. The Morgan fingerprint density at radius 1 is 1.17 bits per heavy atom. The molecule has 126 valence electrons. The van der Waals surface area contributed by atoms with Crippen LogP contribution < -0.4 is 10.9 Å². The molecule has 1 amide bonds. The molecule has 0 bridgehead atoms. The fraction of sp³-hybridized carbons (Fsp3) is 0.500. The summed E-state index contributed by atoms with van der Waals surface area (Å²) in [4.78, 5) is 27.2. The molecule has 0 unspecified atom stereocenters. The second-order valence-electron chi connectivity index (χ2n) is 6.98. The zero-order valence-electron chi connectivity index (χ0n) is 13.8. The molecule has 0 aromatic carbocycles. The minimum absolute atomic E-state index is 0.221. The van der Waals surface area contributed by atoms with Gasteiger partial charge in [0.05, 0.1) is 5.69 Å². The maximum atomic E-state index is 12.5. The Morgan fingerprint density at radius 3 is 2.62 bits per heavy atom. The van der Waals surface area contributed by atoms with E-state index < -0.39 is 0 Å². The van der Waals surface area contributed by atoms with Crippen molar-refractivity contribution >= 4 is 11.7 Å². The molecule has 0 aliphatic heterocycles. The fourth-order valence-electron chi connectivity index (χ4n) is 3.53. The Kier molecular flexibility index (Phi) is 3.75. The van der Waals surface area contributed by atoms with Crippen LogP contribution in [0, 0.1) is 0 Å². The van der Waals surface area contributed by atoms with Crippen LogP contribution in [0.1, 0.15) is 72.1 Å². The number of aryl methyl sites for hydroxylation is 1. The number of aromatic nitrogens is 3. The first-order valence-electron chi connectivity index (χ1n) is 8.70. The average Bonchev–Trinajstić information content (AvgIpc) is 3.14. The summed E-state index contributed by atoms with van der Waals surface area (Å²) >= 11 is 0. The first kappa shape index (κ1) is 15.2. The van der Waals surface area contributed by atoms with Crippen LogP contribution in [0.5, 0.6) is 0 Å². The summed E-state index contributed by atoms with van der Waals surface area (Å²) in [5.74, 6) is 1.32. The number of pyridine rings is 1. The summed E-state index contributed by atoms with van der Waals surface area (Å²) in [5, 5.41) is 7.44. The molecule has 0 spiro atoms. The highest BCUT2D eigenvalue weighted by atomic mass is 16.2. The smallest absolute Gasteiger partial charge is 0.257 e. The van der Waals surface area contributed by atoms with Crippen LogP contribution in [-0.2, 0) is 7.05 Å². The first-order chi connectivity index (χ1) is 11.6. The molecule has 2 aliphatic rings. The Bertz CT molecular complexity index is 826. The summed E-state index contributed by atoms with van der Waals surface area (Å²) in [7, 11) is 1.83. The SMILES string of the molecule is Cn1nc(C2CCCC2)cc1NC(=O)c1cc(C2CC2)[nH]c(=O)c1. The highest BCUT2D eigenvalue weighted by Gasteiger charge is 2.26. The topological polar surface area (TPSA) is 79.8 Å². The highest BCUT2D eigenvalue weighted by Crippen LogP contribution is 2.38. The number of rotatable bonds is 4. The summed E-state index contributed by atoms with van der Waals surface area (Å²) in [6.07, 6.45) is 6.99. The van der Waals surface area contributed by atoms with E-state index in [1.807, 2.05) is 13.1 Å². The van der Waals surface area contributed by atoms with Crippen LogP contribution in [0.2, 0.25) is 0 Å². The standard InChI is InChI=1S/C18H22N4O2/c1-22-16(10-15(21-22)11-4-2-3-5-11)20-18(24)13-8-14(12-6-7-12)19-17(23)9-13/h8-12H,2-7H2,1H3,(H,19,23)(H,20,24). The normalized spacial score (nSPS) is 18.0. The maximum Gasteiger partial charge on any atom is 0.257 e. The van der Waals surface area contributed by atoms with E-state index in [0.717, 1.165) is 24.2 Å². The van der Waals surface area contributed by atoms with Gasteiger partial charge in [0.1, 0.15) is 5.82 Å².